The van der Waals surface area contributed by atoms with Crippen molar-refractivity contribution in [3.63, 3.8) is 0 Å². The van der Waals surface area contributed by atoms with E-state index >= 15 is 0 Å². The highest BCUT2D eigenvalue weighted by Gasteiger charge is 2.34. The van der Waals surface area contributed by atoms with Crippen molar-refractivity contribution in [2.75, 3.05) is 23.3 Å². The Bertz CT molecular complexity index is 1060. The molecule has 1 amide bonds. The molecule has 12 heteroatoms. The fourth-order valence-corrected chi connectivity index (χ4v) is 4.10. The number of carbonyl (C=O) groups is 1. The molecule has 32 heavy (non-hydrogen) atoms. The van der Waals surface area contributed by atoms with Crippen molar-refractivity contribution in [1.29, 1.82) is 0 Å². The van der Waals surface area contributed by atoms with Crippen molar-refractivity contribution in [1.82, 2.24) is 5.32 Å². The van der Waals surface area contributed by atoms with Crippen LogP contribution in [-0.2, 0) is 6.18 Å². The average Bonchev–Trinajstić information content (AvgIpc) is 2.74. The molecule has 2 aromatic carbocycles. The summed E-state index contributed by atoms with van der Waals surface area (Å²) >= 11 is 6.75. The summed E-state index contributed by atoms with van der Waals surface area (Å²) in [6.07, 6.45) is -1.70. The Morgan fingerprint density at radius 2 is 1.81 bits per heavy atom. The molecule has 2 N–H and O–H groups in total. The van der Waals surface area contributed by atoms with Gasteiger partial charge in [0.05, 0.1) is 16.2 Å². The molecular formula is C20H18F3IN4O3S. The first-order valence-corrected chi connectivity index (χ1v) is 11.1. The molecule has 0 spiro atoms. The molecule has 3 rings (SSSR count). The second-order valence-electron chi connectivity index (χ2n) is 7.10. The maximum Gasteiger partial charge on any atom is 0.418 e. The zero-order valence-electron chi connectivity index (χ0n) is 16.5. The maximum atomic E-state index is 13.3. The molecule has 0 aromatic heterocycles. The fourth-order valence-electron chi connectivity index (χ4n) is 3.40. The Morgan fingerprint density at radius 1 is 1.12 bits per heavy atom. The first-order chi connectivity index (χ1) is 15.1. The van der Waals surface area contributed by atoms with Gasteiger partial charge in [-0.2, -0.15) is 13.2 Å². The van der Waals surface area contributed by atoms with Gasteiger partial charge in [0.2, 0.25) is 0 Å². The van der Waals surface area contributed by atoms with Crippen molar-refractivity contribution in [2.45, 2.75) is 25.4 Å². The Morgan fingerprint density at radius 3 is 2.44 bits per heavy atom. The Hall–Kier alpha value is -2.48. The summed E-state index contributed by atoms with van der Waals surface area (Å²) in [5.74, 6) is -0.769. The normalized spacial score (nSPS) is 14.1. The van der Waals surface area contributed by atoms with Crippen molar-refractivity contribution in [3.05, 3.63) is 61.2 Å². The molecular weight excluding hydrogens is 560 g/mol. The van der Waals surface area contributed by atoms with Gasteiger partial charge in [-0.05, 0) is 84.4 Å². The number of halogens is 4. The number of piperidine rings is 1. The summed E-state index contributed by atoms with van der Waals surface area (Å²) < 4.78 is 40.2. The maximum absolute atomic E-state index is 13.3. The lowest BCUT2D eigenvalue weighted by atomic mass is 10.1. The number of carbonyl (C=O) groups excluding carboxylic acids is 1. The van der Waals surface area contributed by atoms with Gasteiger partial charge in [0, 0.05) is 28.3 Å². The third-order valence-electron chi connectivity index (χ3n) is 4.89. The molecule has 0 saturated carbocycles. The van der Waals surface area contributed by atoms with E-state index in [0.717, 1.165) is 31.4 Å². The van der Waals surface area contributed by atoms with E-state index in [-0.39, 0.29) is 22.1 Å². The molecule has 0 radical (unpaired) electrons. The Kier molecular flexibility index (Phi) is 7.54. The van der Waals surface area contributed by atoms with Crippen LogP contribution in [0.4, 0.5) is 30.2 Å². The lowest BCUT2D eigenvalue weighted by Crippen LogP contribution is -2.35. The van der Waals surface area contributed by atoms with Gasteiger partial charge in [0.25, 0.3) is 11.6 Å². The lowest BCUT2D eigenvalue weighted by molar-refractivity contribution is -0.384. The second-order valence-corrected chi connectivity index (χ2v) is 8.76. The number of hydrogen-bond acceptors (Lipinski definition) is 5. The van der Waals surface area contributed by atoms with Gasteiger partial charge >= 0.3 is 6.18 Å². The quantitative estimate of drug-likeness (QED) is 0.221. The van der Waals surface area contributed by atoms with Gasteiger partial charge in [-0.15, -0.1) is 0 Å². The van der Waals surface area contributed by atoms with E-state index in [2.05, 4.69) is 10.6 Å². The Balaban J connectivity index is 1.77. The molecule has 7 nitrogen and oxygen atoms in total. The minimum absolute atomic E-state index is 0.0275. The van der Waals surface area contributed by atoms with Crippen molar-refractivity contribution in [2.24, 2.45) is 0 Å². The average molecular weight is 578 g/mol. The van der Waals surface area contributed by atoms with E-state index < -0.39 is 22.6 Å². The number of alkyl halides is 3. The van der Waals surface area contributed by atoms with Crippen LogP contribution in [0.3, 0.4) is 0 Å². The monoisotopic (exact) mass is 578 g/mol. The predicted molar refractivity (Wildman–Crippen MR) is 127 cm³/mol. The van der Waals surface area contributed by atoms with Gasteiger partial charge in [-0.1, -0.05) is 0 Å². The number of thiocarbonyl (C=S) groups is 1. The molecule has 1 saturated heterocycles. The summed E-state index contributed by atoms with van der Waals surface area (Å²) in [6, 6.07) is 7.72. The summed E-state index contributed by atoms with van der Waals surface area (Å²) in [5.41, 5.74) is -1.05. The van der Waals surface area contributed by atoms with Gasteiger partial charge in [-0.25, -0.2) is 0 Å². The van der Waals surface area contributed by atoms with E-state index in [0.29, 0.717) is 22.3 Å². The van der Waals surface area contributed by atoms with Crippen LogP contribution in [0.15, 0.2) is 36.4 Å². The van der Waals surface area contributed by atoms with Crippen LogP contribution in [0, 0.1) is 13.7 Å². The molecule has 1 aliphatic rings. The van der Waals surface area contributed by atoms with E-state index in [1.54, 1.807) is 22.6 Å². The van der Waals surface area contributed by atoms with Gasteiger partial charge < -0.3 is 10.2 Å². The number of benzene rings is 2. The first-order valence-electron chi connectivity index (χ1n) is 9.59. The fraction of sp³-hybridized carbons (Fsp3) is 0.300. The number of nitro groups is 1. The van der Waals surface area contributed by atoms with Crippen LogP contribution in [0.2, 0.25) is 0 Å². The third-order valence-corrected chi connectivity index (χ3v) is 5.77. The van der Waals surface area contributed by atoms with Crippen LogP contribution < -0.4 is 15.5 Å². The van der Waals surface area contributed by atoms with E-state index in [1.807, 2.05) is 4.90 Å². The molecule has 1 heterocycles. The zero-order chi connectivity index (χ0) is 23.5. The highest BCUT2D eigenvalue weighted by Crippen LogP contribution is 2.36. The van der Waals surface area contributed by atoms with Crippen molar-refractivity contribution < 1.29 is 22.9 Å². The number of anilines is 2. The predicted octanol–water partition coefficient (Wildman–Crippen LogP) is 5.34. The van der Waals surface area contributed by atoms with E-state index in [9.17, 15) is 28.1 Å². The van der Waals surface area contributed by atoms with Crippen LogP contribution in [0.1, 0.15) is 35.2 Å². The SMILES string of the molecule is O=C(NC(=S)Nc1ccc(I)cc1C(F)(F)F)c1ccc(N2CCCCC2)c([N+](=O)[O-])c1. The number of rotatable bonds is 4. The number of nitro benzene ring substituents is 1. The topological polar surface area (TPSA) is 87.5 Å². The van der Waals surface area contributed by atoms with E-state index in [4.69, 9.17) is 12.2 Å². The highest BCUT2D eigenvalue weighted by atomic mass is 127. The molecule has 0 bridgehead atoms. The number of hydrogen-bond donors (Lipinski definition) is 2. The molecule has 2 aromatic rings. The summed E-state index contributed by atoms with van der Waals surface area (Å²) in [4.78, 5) is 25.5. The number of nitrogens with zero attached hydrogens (tertiary/aromatic N) is 2. The summed E-state index contributed by atoms with van der Waals surface area (Å²) in [5, 5.41) is 15.9. The number of amides is 1. The van der Waals surface area contributed by atoms with Crippen LogP contribution in [-0.4, -0.2) is 29.0 Å². The molecule has 1 fully saturated rings. The van der Waals surface area contributed by atoms with Crippen LogP contribution in [0.25, 0.3) is 0 Å². The van der Waals surface area contributed by atoms with Gasteiger partial charge in [0.1, 0.15) is 5.69 Å². The molecule has 0 aliphatic carbocycles. The van der Waals surface area contributed by atoms with Crippen molar-refractivity contribution >= 4 is 62.9 Å². The van der Waals surface area contributed by atoms with Crippen LogP contribution in [0.5, 0.6) is 0 Å². The van der Waals surface area contributed by atoms with Gasteiger partial charge in [-0.3, -0.25) is 20.2 Å². The van der Waals surface area contributed by atoms with E-state index in [1.165, 1.54) is 24.3 Å². The molecule has 0 atom stereocenters. The Labute approximate surface area is 200 Å². The minimum atomic E-state index is -4.62. The summed E-state index contributed by atoms with van der Waals surface area (Å²) in [6.45, 7) is 1.38. The first kappa shape index (κ1) is 24.2. The van der Waals surface area contributed by atoms with Gasteiger partial charge in [0.15, 0.2) is 5.11 Å². The standard InChI is InChI=1S/C20H18F3IN4O3S/c21-20(22,23)14-11-13(24)5-6-15(14)25-19(32)26-18(29)12-4-7-16(17(10-12)28(30)31)27-8-2-1-3-9-27/h4-7,10-11H,1-3,8-9H2,(H2,25,26,29,32). The van der Waals surface area contributed by atoms with Crippen molar-refractivity contribution in [3.8, 4) is 0 Å². The third kappa shape index (κ3) is 5.85. The summed E-state index contributed by atoms with van der Waals surface area (Å²) in [7, 11) is 0. The molecule has 1 aliphatic heterocycles. The molecule has 170 valence electrons. The second kappa shape index (κ2) is 9.98. The highest BCUT2D eigenvalue weighted by molar-refractivity contribution is 14.1. The largest absolute Gasteiger partial charge is 0.418 e. The lowest BCUT2D eigenvalue weighted by Gasteiger charge is -2.28. The minimum Gasteiger partial charge on any atom is -0.366 e. The van der Waals surface area contributed by atoms with Crippen LogP contribution >= 0.6 is 34.8 Å². The zero-order valence-corrected chi connectivity index (χ0v) is 19.5. The smallest absolute Gasteiger partial charge is 0.366 e. The number of nitrogens with one attached hydrogen (secondary N) is 2. The molecule has 0 unspecified atom stereocenters.